The van der Waals surface area contributed by atoms with Gasteiger partial charge in [0.1, 0.15) is 13.2 Å². The second-order valence-corrected chi connectivity index (χ2v) is 22.0. The van der Waals surface area contributed by atoms with E-state index in [0.29, 0.717) is 19.3 Å². The van der Waals surface area contributed by atoms with Gasteiger partial charge in [0, 0.05) is 19.3 Å². The van der Waals surface area contributed by atoms with Crippen molar-refractivity contribution in [3.63, 3.8) is 0 Å². The topological polar surface area (TPSA) is 78.9 Å². The van der Waals surface area contributed by atoms with E-state index in [4.69, 9.17) is 14.2 Å². The van der Waals surface area contributed by atoms with E-state index in [0.717, 1.165) is 77.0 Å². The van der Waals surface area contributed by atoms with Gasteiger partial charge in [-0.2, -0.15) is 0 Å². The van der Waals surface area contributed by atoms with Crippen LogP contribution >= 0.6 is 0 Å². The van der Waals surface area contributed by atoms with Gasteiger partial charge in [0.15, 0.2) is 6.10 Å². The molecule has 0 heterocycles. The van der Waals surface area contributed by atoms with Crippen molar-refractivity contribution < 1.29 is 28.6 Å². The van der Waals surface area contributed by atoms with Crippen LogP contribution in [-0.2, 0) is 28.6 Å². The lowest BCUT2D eigenvalue weighted by atomic mass is 10.0. The number of hydrogen-bond acceptors (Lipinski definition) is 6. The summed E-state index contributed by atoms with van der Waals surface area (Å²) in [5.74, 6) is -0.877. The standard InChI is InChI=1S/C66H124O6/c1-4-7-10-13-16-18-20-22-24-26-27-28-29-30-31-32-33-34-35-36-37-38-39-40-41-43-44-46-48-50-53-56-59-65(68)71-62-63(61-70-64(67)58-55-52-15-12-9-6-3)72-66(69)60-57-54-51-49-47-45-42-25-23-21-19-17-14-11-8-5-2/h19,21,25,42,63H,4-18,20,22-24,26-41,43-62H2,1-3H3/b21-19-,42-25-. The van der Waals surface area contributed by atoms with E-state index in [-0.39, 0.29) is 31.1 Å². The molecule has 0 aliphatic heterocycles. The molecule has 0 saturated carbocycles. The van der Waals surface area contributed by atoms with Crippen molar-refractivity contribution in [2.45, 2.75) is 367 Å². The first-order valence-electron chi connectivity index (χ1n) is 32.3. The van der Waals surface area contributed by atoms with Gasteiger partial charge in [-0.05, 0) is 51.4 Å². The number of esters is 3. The fraction of sp³-hybridized carbons (Fsp3) is 0.894. The highest BCUT2D eigenvalue weighted by molar-refractivity contribution is 5.71. The largest absolute Gasteiger partial charge is 0.462 e. The number of hydrogen-bond donors (Lipinski definition) is 0. The van der Waals surface area contributed by atoms with Crippen LogP contribution in [0.4, 0.5) is 0 Å². The van der Waals surface area contributed by atoms with Gasteiger partial charge in [-0.3, -0.25) is 14.4 Å². The SMILES string of the molecule is CCCCCC/C=C\C/C=C\CCCCCCCC(=O)OC(COC(=O)CCCCCCCC)COC(=O)CCCCCCCCCCCCCCCCCCCCCCCCCCCCCCCCCC. The molecular weight excluding hydrogens is 889 g/mol. The zero-order chi connectivity index (χ0) is 52.2. The third kappa shape index (κ3) is 58.8. The molecule has 6 nitrogen and oxygen atoms in total. The average molecular weight is 1010 g/mol. The molecule has 0 aliphatic rings. The van der Waals surface area contributed by atoms with Crippen LogP contribution in [0.15, 0.2) is 24.3 Å². The molecular formula is C66H124O6. The van der Waals surface area contributed by atoms with Gasteiger partial charge in [0.25, 0.3) is 0 Å². The molecule has 0 fully saturated rings. The summed E-state index contributed by atoms with van der Waals surface area (Å²) in [7, 11) is 0. The quantitative estimate of drug-likeness (QED) is 0.0261. The zero-order valence-electron chi connectivity index (χ0n) is 48.7. The number of allylic oxidation sites excluding steroid dienone is 4. The maximum atomic E-state index is 12.8. The number of carbonyl (C=O) groups excluding carboxylic acids is 3. The van der Waals surface area contributed by atoms with E-state index in [1.807, 2.05) is 0 Å². The fourth-order valence-electron chi connectivity index (χ4n) is 9.83. The van der Waals surface area contributed by atoms with Gasteiger partial charge in [0.05, 0.1) is 0 Å². The Morgan fingerprint density at radius 3 is 0.778 bits per heavy atom. The predicted octanol–water partition coefficient (Wildman–Crippen LogP) is 21.8. The van der Waals surface area contributed by atoms with Crippen molar-refractivity contribution >= 4 is 17.9 Å². The molecule has 1 atom stereocenters. The minimum Gasteiger partial charge on any atom is -0.462 e. The third-order valence-electron chi connectivity index (χ3n) is 14.7. The van der Waals surface area contributed by atoms with Crippen LogP contribution in [0.1, 0.15) is 361 Å². The molecule has 0 spiro atoms. The van der Waals surface area contributed by atoms with E-state index in [1.165, 1.54) is 244 Å². The fourth-order valence-corrected chi connectivity index (χ4v) is 9.83. The summed E-state index contributed by atoms with van der Waals surface area (Å²) in [5, 5.41) is 0. The van der Waals surface area contributed by atoms with Crippen LogP contribution < -0.4 is 0 Å². The van der Waals surface area contributed by atoms with Gasteiger partial charge in [0.2, 0.25) is 0 Å². The lowest BCUT2D eigenvalue weighted by molar-refractivity contribution is -0.167. The molecule has 72 heavy (non-hydrogen) atoms. The Balaban J connectivity index is 3.92. The minimum absolute atomic E-state index is 0.0726. The van der Waals surface area contributed by atoms with Crippen molar-refractivity contribution in [1.82, 2.24) is 0 Å². The van der Waals surface area contributed by atoms with Crippen molar-refractivity contribution in [3.8, 4) is 0 Å². The number of unbranched alkanes of at least 4 members (excludes halogenated alkanes) is 45. The summed E-state index contributed by atoms with van der Waals surface area (Å²) in [6, 6.07) is 0. The first kappa shape index (κ1) is 69.9. The number of ether oxygens (including phenoxy) is 3. The van der Waals surface area contributed by atoms with Gasteiger partial charge < -0.3 is 14.2 Å². The van der Waals surface area contributed by atoms with E-state index < -0.39 is 6.10 Å². The summed E-state index contributed by atoms with van der Waals surface area (Å²) < 4.78 is 16.8. The maximum Gasteiger partial charge on any atom is 0.306 e. The van der Waals surface area contributed by atoms with Crippen LogP contribution in [0, 0.1) is 0 Å². The normalized spacial score (nSPS) is 12.1. The van der Waals surface area contributed by atoms with Crippen molar-refractivity contribution in [2.24, 2.45) is 0 Å². The van der Waals surface area contributed by atoms with Crippen molar-refractivity contribution in [1.29, 1.82) is 0 Å². The average Bonchev–Trinajstić information content (AvgIpc) is 3.38. The molecule has 0 aromatic carbocycles. The van der Waals surface area contributed by atoms with Gasteiger partial charge in [-0.25, -0.2) is 0 Å². The van der Waals surface area contributed by atoms with E-state index in [1.54, 1.807) is 0 Å². The first-order chi connectivity index (χ1) is 35.5. The molecule has 0 aliphatic carbocycles. The molecule has 0 aromatic rings. The Kier molecular flexibility index (Phi) is 59.6. The summed E-state index contributed by atoms with van der Waals surface area (Å²) in [6.07, 6.45) is 73.9. The molecule has 0 aromatic heterocycles. The third-order valence-corrected chi connectivity index (χ3v) is 14.7. The van der Waals surface area contributed by atoms with E-state index in [9.17, 15) is 14.4 Å². The smallest absolute Gasteiger partial charge is 0.306 e. The van der Waals surface area contributed by atoms with Crippen LogP contribution in [0.3, 0.4) is 0 Å². The summed E-state index contributed by atoms with van der Waals surface area (Å²) in [5.41, 5.74) is 0. The molecule has 0 saturated heterocycles. The highest BCUT2D eigenvalue weighted by Gasteiger charge is 2.19. The summed E-state index contributed by atoms with van der Waals surface area (Å²) in [6.45, 7) is 6.60. The van der Waals surface area contributed by atoms with Gasteiger partial charge >= 0.3 is 17.9 Å². The highest BCUT2D eigenvalue weighted by Crippen LogP contribution is 2.18. The summed E-state index contributed by atoms with van der Waals surface area (Å²) in [4.78, 5) is 37.9. The maximum absolute atomic E-state index is 12.8. The molecule has 0 radical (unpaired) electrons. The monoisotopic (exact) mass is 1010 g/mol. The molecule has 0 rings (SSSR count). The van der Waals surface area contributed by atoms with Gasteiger partial charge in [-0.15, -0.1) is 0 Å². The Labute approximate surface area is 449 Å². The van der Waals surface area contributed by atoms with Crippen molar-refractivity contribution in [2.75, 3.05) is 13.2 Å². The Morgan fingerprint density at radius 2 is 0.500 bits per heavy atom. The molecule has 0 N–H and O–H groups in total. The number of rotatable bonds is 60. The lowest BCUT2D eigenvalue weighted by Crippen LogP contribution is -2.30. The Morgan fingerprint density at radius 1 is 0.278 bits per heavy atom. The minimum atomic E-state index is -0.772. The van der Waals surface area contributed by atoms with Crippen LogP contribution in [-0.4, -0.2) is 37.2 Å². The Bertz CT molecular complexity index is 1160. The first-order valence-corrected chi connectivity index (χ1v) is 32.3. The molecule has 6 heteroatoms. The Hall–Kier alpha value is -2.11. The second-order valence-electron chi connectivity index (χ2n) is 22.0. The molecule has 0 amide bonds. The van der Waals surface area contributed by atoms with E-state index >= 15 is 0 Å². The molecule has 0 bridgehead atoms. The van der Waals surface area contributed by atoms with Crippen LogP contribution in [0.5, 0.6) is 0 Å². The van der Waals surface area contributed by atoms with Crippen LogP contribution in [0.25, 0.3) is 0 Å². The number of carbonyl (C=O) groups is 3. The van der Waals surface area contributed by atoms with E-state index in [2.05, 4.69) is 45.1 Å². The van der Waals surface area contributed by atoms with Crippen LogP contribution in [0.2, 0.25) is 0 Å². The van der Waals surface area contributed by atoms with Crippen molar-refractivity contribution in [3.05, 3.63) is 24.3 Å². The predicted molar refractivity (Wildman–Crippen MR) is 312 cm³/mol. The summed E-state index contributed by atoms with van der Waals surface area (Å²) >= 11 is 0. The molecule has 424 valence electrons. The zero-order valence-corrected chi connectivity index (χ0v) is 48.7. The second kappa shape index (κ2) is 61.4. The molecule has 1 unspecified atom stereocenters. The highest BCUT2D eigenvalue weighted by atomic mass is 16.6. The van der Waals surface area contributed by atoms with Gasteiger partial charge in [-0.1, -0.05) is 315 Å². The lowest BCUT2D eigenvalue weighted by Gasteiger charge is -2.18.